The molecular weight excluding hydrogens is 264 g/mol. The van der Waals surface area contributed by atoms with Crippen LogP contribution in [0.5, 0.6) is 0 Å². The lowest BCUT2D eigenvalue weighted by atomic mass is 9.83. The van der Waals surface area contributed by atoms with Gasteiger partial charge in [0.05, 0.1) is 12.6 Å². The van der Waals surface area contributed by atoms with Gasteiger partial charge in [0.1, 0.15) is 5.54 Å². The third-order valence-electron chi connectivity index (χ3n) is 4.74. The molecule has 2 rings (SSSR count). The number of carbonyl (C=O) groups excluding carboxylic acids is 1. The molecule has 0 bridgehead atoms. The van der Waals surface area contributed by atoms with E-state index in [2.05, 4.69) is 21.6 Å². The molecule has 0 radical (unpaired) electrons. The third-order valence-corrected chi connectivity index (χ3v) is 4.74. The number of nitriles is 1. The summed E-state index contributed by atoms with van der Waals surface area (Å²) in [5, 5.41) is 15.8. The summed E-state index contributed by atoms with van der Waals surface area (Å²) >= 11 is 0. The minimum absolute atomic E-state index is 0.00474. The maximum absolute atomic E-state index is 12.2. The van der Waals surface area contributed by atoms with E-state index in [1.54, 1.807) is 0 Å². The summed E-state index contributed by atoms with van der Waals surface area (Å²) in [6, 6.07) is 2.34. The molecule has 5 nitrogen and oxygen atoms in total. The second kappa shape index (κ2) is 7.77. The Kier molecular flexibility index (Phi) is 6.01. The second-order valence-electron chi connectivity index (χ2n) is 6.69. The molecule has 2 fully saturated rings. The fourth-order valence-electron chi connectivity index (χ4n) is 3.54. The molecule has 1 aliphatic carbocycles. The zero-order valence-electron chi connectivity index (χ0n) is 13.2. The van der Waals surface area contributed by atoms with E-state index in [1.807, 2.05) is 7.05 Å². The van der Waals surface area contributed by atoms with Crippen molar-refractivity contribution in [3.8, 4) is 6.07 Å². The summed E-state index contributed by atoms with van der Waals surface area (Å²) < 4.78 is 0. The number of hydrogen-bond donors (Lipinski definition) is 2. The van der Waals surface area contributed by atoms with E-state index >= 15 is 0 Å². The Hall–Kier alpha value is -1.12. The van der Waals surface area contributed by atoms with Crippen LogP contribution in [0.15, 0.2) is 0 Å². The lowest BCUT2D eigenvalue weighted by molar-refractivity contribution is -0.123. The zero-order valence-corrected chi connectivity index (χ0v) is 13.2. The highest BCUT2D eigenvalue weighted by Crippen LogP contribution is 2.27. The summed E-state index contributed by atoms with van der Waals surface area (Å²) in [5.41, 5.74) is -0.606. The van der Waals surface area contributed by atoms with Gasteiger partial charge in [0.25, 0.3) is 0 Å². The highest BCUT2D eigenvalue weighted by Gasteiger charge is 2.33. The Morgan fingerprint density at radius 1 is 1.33 bits per heavy atom. The van der Waals surface area contributed by atoms with Crippen LogP contribution >= 0.6 is 0 Å². The molecule has 0 atom stereocenters. The first-order valence-electron chi connectivity index (χ1n) is 8.25. The van der Waals surface area contributed by atoms with Gasteiger partial charge in [0, 0.05) is 6.54 Å². The molecule has 0 unspecified atom stereocenters. The Morgan fingerprint density at radius 3 is 2.62 bits per heavy atom. The monoisotopic (exact) mass is 292 g/mol. The predicted octanol–water partition coefficient (Wildman–Crippen LogP) is 1.26. The number of carbonyl (C=O) groups is 1. The molecule has 0 aromatic carbocycles. The summed E-state index contributed by atoms with van der Waals surface area (Å²) in [4.78, 5) is 14.3. The first-order valence-corrected chi connectivity index (χ1v) is 8.25. The van der Waals surface area contributed by atoms with Crippen LogP contribution in [-0.4, -0.2) is 49.6 Å². The van der Waals surface area contributed by atoms with Crippen LogP contribution in [-0.2, 0) is 4.79 Å². The first-order chi connectivity index (χ1) is 10.1. The molecule has 1 heterocycles. The molecule has 21 heavy (non-hydrogen) atoms. The molecule has 118 valence electrons. The van der Waals surface area contributed by atoms with Gasteiger partial charge in [0.2, 0.25) is 5.91 Å². The number of rotatable bonds is 5. The molecule has 1 saturated carbocycles. The average molecular weight is 292 g/mol. The number of nitrogens with one attached hydrogen (secondary N) is 2. The van der Waals surface area contributed by atoms with E-state index in [0.717, 1.165) is 45.3 Å². The molecular formula is C16H28N4O. The maximum atomic E-state index is 12.2. The average Bonchev–Trinajstić information content (AvgIpc) is 2.48. The molecule has 2 N–H and O–H groups in total. The van der Waals surface area contributed by atoms with Gasteiger partial charge in [-0.3, -0.25) is 9.69 Å². The predicted molar refractivity (Wildman–Crippen MR) is 82.7 cm³/mol. The molecule has 1 saturated heterocycles. The summed E-state index contributed by atoms with van der Waals surface area (Å²) in [6.07, 6.45) is 7.23. The fraction of sp³-hybridized carbons (Fsp3) is 0.875. The molecule has 0 aromatic rings. The number of piperidine rings is 1. The molecule has 0 spiro atoms. The minimum atomic E-state index is -0.606. The topological polar surface area (TPSA) is 68.2 Å². The standard InChI is InChI=1S/C16H28N4O/c1-20(11-14-5-9-18-10-6-14)12-15(21)19-16(13-17)7-3-2-4-8-16/h14,18H,2-12H2,1H3,(H,19,21). The van der Waals surface area contributed by atoms with E-state index in [9.17, 15) is 10.1 Å². The van der Waals surface area contributed by atoms with E-state index in [1.165, 1.54) is 19.3 Å². The third kappa shape index (κ3) is 4.98. The van der Waals surface area contributed by atoms with Crippen molar-refractivity contribution >= 4 is 5.91 Å². The molecule has 1 amide bonds. The van der Waals surface area contributed by atoms with Crippen molar-refractivity contribution in [2.45, 2.75) is 50.5 Å². The summed E-state index contributed by atoms with van der Waals surface area (Å²) in [5.74, 6) is 0.679. The highest BCUT2D eigenvalue weighted by atomic mass is 16.2. The van der Waals surface area contributed by atoms with Crippen molar-refractivity contribution in [2.24, 2.45) is 5.92 Å². The molecule has 0 aromatic heterocycles. The van der Waals surface area contributed by atoms with Gasteiger partial charge >= 0.3 is 0 Å². The van der Waals surface area contributed by atoms with E-state index in [4.69, 9.17) is 0 Å². The van der Waals surface area contributed by atoms with Crippen molar-refractivity contribution in [1.29, 1.82) is 5.26 Å². The number of likely N-dealkylation sites (N-methyl/N-ethyl adjacent to an activating group) is 1. The van der Waals surface area contributed by atoms with Crippen LogP contribution in [0.3, 0.4) is 0 Å². The SMILES string of the molecule is CN(CC(=O)NC1(C#N)CCCCC1)CC1CCNCC1. The summed E-state index contributed by atoms with van der Waals surface area (Å²) in [6.45, 7) is 3.53. The normalized spacial score (nSPS) is 22.7. The van der Waals surface area contributed by atoms with Gasteiger partial charge in [0.15, 0.2) is 0 Å². The van der Waals surface area contributed by atoms with Gasteiger partial charge < -0.3 is 10.6 Å². The molecule has 1 aliphatic heterocycles. The van der Waals surface area contributed by atoms with Crippen LogP contribution < -0.4 is 10.6 Å². The summed E-state index contributed by atoms with van der Waals surface area (Å²) in [7, 11) is 2.00. The number of amides is 1. The Morgan fingerprint density at radius 2 is 2.00 bits per heavy atom. The minimum Gasteiger partial charge on any atom is -0.337 e. The molecule has 5 heteroatoms. The van der Waals surface area contributed by atoms with Crippen molar-refractivity contribution in [1.82, 2.24) is 15.5 Å². The smallest absolute Gasteiger partial charge is 0.235 e. The second-order valence-corrected chi connectivity index (χ2v) is 6.69. The van der Waals surface area contributed by atoms with E-state index < -0.39 is 5.54 Å². The highest BCUT2D eigenvalue weighted by molar-refractivity contribution is 5.79. The van der Waals surface area contributed by atoms with E-state index in [0.29, 0.717) is 12.5 Å². The van der Waals surface area contributed by atoms with Gasteiger partial charge in [-0.05, 0) is 51.7 Å². The van der Waals surface area contributed by atoms with Crippen molar-refractivity contribution in [2.75, 3.05) is 33.2 Å². The zero-order chi connectivity index (χ0) is 15.1. The fourth-order valence-corrected chi connectivity index (χ4v) is 3.54. The van der Waals surface area contributed by atoms with Crippen LogP contribution in [0, 0.1) is 17.2 Å². The number of nitrogens with zero attached hydrogens (tertiary/aromatic N) is 2. The lowest BCUT2D eigenvalue weighted by Crippen LogP contribution is -2.51. The maximum Gasteiger partial charge on any atom is 0.235 e. The number of hydrogen-bond acceptors (Lipinski definition) is 4. The van der Waals surface area contributed by atoms with E-state index in [-0.39, 0.29) is 5.91 Å². The first kappa shape index (κ1) is 16.3. The quantitative estimate of drug-likeness (QED) is 0.800. The van der Waals surface area contributed by atoms with Crippen molar-refractivity contribution in [3.05, 3.63) is 0 Å². The van der Waals surface area contributed by atoms with Gasteiger partial charge in [-0.1, -0.05) is 19.3 Å². The van der Waals surface area contributed by atoms with Gasteiger partial charge in [-0.25, -0.2) is 0 Å². The van der Waals surface area contributed by atoms with Crippen LogP contribution in [0.25, 0.3) is 0 Å². The van der Waals surface area contributed by atoms with Crippen LogP contribution in [0.2, 0.25) is 0 Å². The van der Waals surface area contributed by atoms with Gasteiger partial charge in [-0.2, -0.15) is 5.26 Å². The lowest BCUT2D eigenvalue weighted by Gasteiger charge is -2.32. The van der Waals surface area contributed by atoms with Crippen molar-refractivity contribution < 1.29 is 4.79 Å². The van der Waals surface area contributed by atoms with Crippen molar-refractivity contribution in [3.63, 3.8) is 0 Å². The van der Waals surface area contributed by atoms with Crippen LogP contribution in [0.1, 0.15) is 44.9 Å². The molecule has 2 aliphatic rings. The Balaban J connectivity index is 1.76. The Labute approximate surface area is 128 Å². The van der Waals surface area contributed by atoms with Gasteiger partial charge in [-0.15, -0.1) is 0 Å². The Bertz CT molecular complexity index is 378. The van der Waals surface area contributed by atoms with Crippen LogP contribution in [0.4, 0.5) is 0 Å². The largest absolute Gasteiger partial charge is 0.337 e.